The largest absolute Gasteiger partial charge is 0.484 e. The number of nitrogens with zero attached hydrogens (tertiary/aromatic N) is 1. The second-order valence-corrected chi connectivity index (χ2v) is 6.50. The smallest absolute Gasteiger partial charge is 0.321 e. The van der Waals surface area contributed by atoms with Crippen molar-refractivity contribution in [1.82, 2.24) is 5.32 Å². The quantitative estimate of drug-likeness (QED) is 0.779. The number of anilines is 2. The Bertz CT molecular complexity index is 772. The van der Waals surface area contributed by atoms with Crippen LogP contribution in [0.4, 0.5) is 16.2 Å². The van der Waals surface area contributed by atoms with Crippen LogP contribution in [0.5, 0.6) is 5.75 Å². The van der Waals surface area contributed by atoms with E-state index < -0.39 is 0 Å². The summed E-state index contributed by atoms with van der Waals surface area (Å²) in [4.78, 5) is 25.7. The summed E-state index contributed by atoms with van der Waals surface area (Å²) in [7, 11) is 1.70. The monoisotopic (exact) mass is 369 g/mol. The molecule has 0 saturated carbocycles. The van der Waals surface area contributed by atoms with E-state index >= 15 is 0 Å². The Morgan fingerprint density at radius 3 is 2.37 bits per heavy atom. The van der Waals surface area contributed by atoms with Gasteiger partial charge in [-0.3, -0.25) is 9.69 Å². The first-order valence-corrected chi connectivity index (χ1v) is 9.05. The van der Waals surface area contributed by atoms with E-state index in [4.69, 9.17) is 4.74 Å². The minimum absolute atomic E-state index is 0.0684. The molecule has 0 heterocycles. The van der Waals surface area contributed by atoms with Crippen molar-refractivity contribution >= 4 is 23.3 Å². The minimum atomic E-state index is -0.214. The number of carbonyl (C=O) groups excluding carboxylic acids is 2. The van der Waals surface area contributed by atoms with Gasteiger partial charge in [-0.15, -0.1) is 0 Å². The number of hydrogen-bond donors (Lipinski definition) is 2. The Labute approximate surface area is 160 Å². The highest BCUT2D eigenvalue weighted by Gasteiger charge is 2.12. The molecule has 3 amide bonds. The highest BCUT2D eigenvalue weighted by Crippen LogP contribution is 2.19. The molecule has 2 rings (SSSR count). The minimum Gasteiger partial charge on any atom is -0.484 e. The van der Waals surface area contributed by atoms with Crippen LogP contribution >= 0.6 is 0 Å². The molecule has 0 bridgehead atoms. The highest BCUT2D eigenvalue weighted by molar-refractivity contribution is 5.93. The van der Waals surface area contributed by atoms with Gasteiger partial charge in [-0.05, 0) is 56.2 Å². The van der Waals surface area contributed by atoms with Gasteiger partial charge in [-0.1, -0.05) is 25.1 Å². The molecule has 2 aromatic carbocycles. The molecule has 0 spiro atoms. The van der Waals surface area contributed by atoms with Crippen LogP contribution in [0.3, 0.4) is 0 Å². The van der Waals surface area contributed by atoms with Gasteiger partial charge < -0.3 is 15.4 Å². The van der Waals surface area contributed by atoms with E-state index in [1.54, 1.807) is 31.3 Å². The zero-order chi connectivity index (χ0) is 19.8. The van der Waals surface area contributed by atoms with Gasteiger partial charge in [0.25, 0.3) is 5.91 Å². The fraction of sp³-hybridized carbons (Fsp3) is 0.333. The molecule has 2 N–H and O–H groups in total. The number of urea groups is 1. The van der Waals surface area contributed by atoms with Crippen LogP contribution in [0.25, 0.3) is 0 Å². The molecule has 0 atom stereocenters. The number of para-hydroxylation sites is 1. The molecule has 144 valence electrons. The summed E-state index contributed by atoms with van der Waals surface area (Å²) in [6.45, 7) is 5.78. The lowest BCUT2D eigenvalue weighted by Gasteiger charge is -2.20. The Kier molecular flexibility index (Phi) is 7.23. The lowest BCUT2D eigenvalue weighted by atomic mass is 10.1. The summed E-state index contributed by atoms with van der Waals surface area (Å²) in [5.74, 6) is 0.351. The lowest BCUT2D eigenvalue weighted by molar-refractivity contribution is -0.118. The first-order chi connectivity index (χ1) is 12.9. The second kappa shape index (κ2) is 9.62. The number of amides is 3. The number of rotatable bonds is 7. The Morgan fingerprint density at radius 1 is 1.07 bits per heavy atom. The molecule has 0 aliphatic carbocycles. The lowest BCUT2D eigenvalue weighted by Crippen LogP contribution is -2.40. The topological polar surface area (TPSA) is 70.7 Å². The van der Waals surface area contributed by atoms with Crippen molar-refractivity contribution in [2.24, 2.45) is 0 Å². The second-order valence-electron chi connectivity index (χ2n) is 6.50. The number of hydrogen-bond acceptors (Lipinski definition) is 3. The number of benzene rings is 2. The third kappa shape index (κ3) is 6.02. The predicted molar refractivity (Wildman–Crippen MR) is 108 cm³/mol. The summed E-state index contributed by atoms with van der Waals surface area (Å²) in [6, 6.07) is 14.6. The maximum absolute atomic E-state index is 12.1. The van der Waals surface area contributed by atoms with Crippen molar-refractivity contribution < 1.29 is 14.3 Å². The van der Waals surface area contributed by atoms with Crippen LogP contribution < -0.4 is 20.3 Å². The molecule has 0 saturated heterocycles. The number of aryl methyl sites for hydroxylation is 1. The van der Waals surface area contributed by atoms with Crippen LogP contribution in [-0.2, 0) is 11.2 Å². The number of nitrogens with one attached hydrogen (secondary N) is 2. The predicted octanol–water partition coefficient (Wildman–Crippen LogP) is 3.82. The average molecular weight is 369 g/mol. The zero-order valence-electron chi connectivity index (χ0n) is 16.3. The Morgan fingerprint density at radius 2 is 1.74 bits per heavy atom. The van der Waals surface area contributed by atoms with Gasteiger partial charge >= 0.3 is 6.03 Å². The molecule has 27 heavy (non-hydrogen) atoms. The summed E-state index contributed by atoms with van der Waals surface area (Å²) in [5.41, 5.74) is 2.63. The van der Waals surface area contributed by atoms with Gasteiger partial charge in [-0.25, -0.2) is 4.79 Å². The first kappa shape index (κ1) is 20.3. The number of carbonyl (C=O) groups is 2. The van der Waals surface area contributed by atoms with Crippen molar-refractivity contribution in [3.63, 3.8) is 0 Å². The highest BCUT2D eigenvalue weighted by atomic mass is 16.5. The fourth-order valence-electron chi connectivity index (χ4n) is 2.51. The SMILES string of the molecule is CCc1ccccc1NC(=O)COc1ccc(N(C)C(=O)NC(C)C)cc1. The van der Waals surface area contributed by atoms with Crippen molar-refractivity contribution in [3.05, 3.63) is 54.1 Å². The zero-order valence-corrected chi connectivity index (χ0v) is 16.3. The van der Waals surface area contributed by atoms with E-state index in [-0.39, 0.29) is 24.6 Å². The third-order valence-corrected chi connectivity index (χ3v) is 3.98. The molecule has 0 radical (unpaired) electrons. The molecule has 0 aliphatic rings. The normalized spacial score (nSPS) is 10.4. The maximum Gasteiger partial charge on any atom is 0.321 e. The van der Waals surface area contributed by atoms with Crippen LogP contribution in [0, 0.1) is 0 Å². The molecular weight excluding hydrogens is 342 g/mol. The van der Waals surface area contributed by atoms with Crippen molar-refractivity contribution in [2.75, 3.05) is 23.9 Å². The van der Waals surface area contributed by atoms with Crippen LogP contribution in [0.1, 0.15) is 26.3 Å². The number of ether oxygens (including phenoxy) is 1. The van der Waals surface area contributed by atoms with Gasteiger partial charge in [0.15, 0.2) is 6.61 Å². The standard InChI is InChI=1S/C21H27N3O3/c1-5-16-8-6-7-9-19(16)23-20(25)14-27-18-12-10-17(11-13-18)24(4)21(26)22-15(2)3/h6-13,15H,5,14H2,1-4H3,(H,22,26)(H,23,25). The van der Waals surface area contributed by atoms with Crippen LogP contribution in [-0.4, -0.2) is 31.6 Å². The van der Waals surface area contributed by atoms with E-state index in [0.29, 0.717) is 5.75 Å². The summed E-state index contributed by atoms with van der Waals surface area (Å²) >= 11 is 0. The van der Waals surface area contributed by atoms with Gasteiger partial charge in [0, 0.05) is 24.5 Å². The molecule has 0 aromatic heterocycles. The molecule has 0 aliphatic heterocycles. The third-order valence-electron chi connectivity index (χ3n) is 3.98. The van der Waals surface area contributed by atoms with Gasteiger partial charge in [0.05, 0.1) is 0 Å². The van der Waals surface area contributed by atoms with Crippen molar-refractivity contribution in [3.8, 4) is 5.75 Å². The molecule has 0 unspecified atom stereocenters. The Hall–Kier alpha value is -3.02. The Balaban J connectivity index is 1.89. The molecule has 0 fully saturated rings. The van der Waals surface area contributed by atoms with E-state index in [9.17, 15) is 9.59 Å². The van der Waals surface area contributed by atoms with Crippen molar-refractivity contribution in [2.45, 2.75) is 33.2 Å². The maximum atomic E-state index is 12.1. The van der Waals surface area contributed by atoms with E-state index in [2.05, 4.69) is 10.6 Å². The molecule has 2 aromatic rings. The van der Waals surface area contributed by atoms with Gasteiger partial charge in [0.2, 0.25) is 0 Å². The van der Waals surface area contributed by atoms with Gasteiger partial charge in [-0.2, -0.15) is 0 Å². The van der Waals surface area contributed by atoms with Gasteiger partial charge in [0.1, 0.15) is 5.75 Å². The summed E-state index contributed by atoms with van der Waals surface area (Å²) < 4.78 is 5.54. The van der Waals surface area contributed by atoms with Crippen LogP contribution in [0.2, 0.25) is 0 Å². The average Bonchev–Trinajstić information content (AvgIpc) is 2.66. The van der Waals surface area contributed by atoms with E-state index in [1.807, 2.05) is 45.0 Å². The first-order valence-electron chi connectivity index (χ1n) is 9.05. The summed E-state index contributed by atoms with van der Waals surface area (Å²) in [5, 5.41) is 5.70. The van der Waals surface area contributed by atoms with E-state index in [1.165, 1.54) is 4.90 Å². The summed E-state index contributed by atoms with van der Waals surface area (Å²) in [6.07, 6.45) is 0.844. The van der Waals surface area contributed by atoms with Crippen LogP contribution in [0.15, 0.2) is 48.5 Å². The molecule has 6 heteroatoms. The fourth-order valence-corrected chi connectivity index (χ4v) is 2.51. The molecule has 6 nitrogen and oxygen atoms in total. The van der Waals surface area contributed by atoms with Crippen molar-refractivity contribution in [1.29, 1.82) is 0 Å². The van der Waals surface area contributed by atoms with E-state index in [0.717, 1.165) is 23.4 Å². The molecular formula is C21H27N3O3.